The Kier molecular flexibility index (Phi) is 5.15. The summed E-state index contributed by atoms with van der Waals surface area (Å²) in [5.74, 6) is 3.04. The normalized spacial score (nSPS) is 50.4. The van der Waals surface area contributed by atoms with E-state index in [1.807, 2.05) is 0 Å². The van der Waals surface area contributed by atoms with E-state index in [-0.39, 0.29) is 17.9 Å². The summed E-state index contributed by atoms with van der Waals surface area (Å²) in [7, 11) is 0. The maximum absolute atomic E-state index is 11.2. The molecule has 3 nitrogen and oxygen atoms in total. The van der Waals surface area contributed by atoms with E-state index in [4.69, 9.17) is 5.11 Å². The van der Waals surface area contributed by atoms with Gasteiger partial charge in [0.2, 0.25) is 0 Å². The van der Waals surface area contributed by atoms with Gasteiger partial charge in [0.15, 0.2) is 0 Å². The molecule has 0 heterocycles. The molecule has 4 aliphatic rings. The number of aliphatic hydroxyl groups is 1. The number of carbonyl (C=O) groups is 1. The molecule has 4 saturated carbocycles. The first-order valence-electron chi connectivity index (χ1n) is 11.7. The van der Waals surface area contributed by atoms with Gasteiger partial charge in [-0.1, -0.05) is 33.6 Å². The minimum atomic E-state index is -0.686. The molecule has 2 N–H and O–H groups in total. The summed E-state index contributed by atoms with van der Waals surface area (Å²) in [6, 6.07) is 0. The van der Waals surface area contributed by atoms with Gasteiger partial charge < -0.3 is 10.2 Å². The van der Waals surface area contributed by atoms with Crippen molar-refractivity contribution in [3.05, 3.63) is 0 Å². The zero-order chi connectivity index (χ0) is 19.4. The van der Waals surface area contributed by atoms with Crippen LogP contribution in [-0.4, -0.2) is 22.3 Å². The van der Waals surface area contributed by atoms with Crippen LogP contribution in [0.25, 0.3) is 0 Å². The second-order valence-electron chi connectivity index (χ2n) is 11.2. The van der Waals surface area contributed by atoms with Crippen molar-refractivity contribution in [3.63, 3.8) is 0 Å². The van der Waals surface area contributed by atoms with Crippen molar-refractivity contribution in [2.45, 2.75) is 97.5 Å². The third kappa shape index (κ3) is 3.07. The zero-order valence-corrected chi connectivity index (χ0v) is 17.6. The molecule has 0 aromatic carbocycles. The van der Waals surface area contributed by atoms with E-state index >= 15 is 0 Å². The highest BCUT2D eigenvalue weighted by molar-refractivity contribution is 5.66. The second-order valence-corrected chi connectivity index (χ2v) is 11.2. The van der Waals surface area contributed by atoms with E-state index in [1.165, 1.54) is 51.4 Å². The van der Waals surface area contributed by atoms with Crippen LogP contribution in [0.3, 0.4) is 0 Å². The molecule has 9 atom stereocenters. The third-order valence-electron chi connectivity index (χ3n) is 10.1. The van der Waals surface area contributed by atoms with Crippen molar-refractivity contribution in [2.24, 2.45) is 46.3 Å². The molecular formula is C24H40O3. The Balaban J connectivity index is 1.56. The van der Waals surface area contributed by atoms with Gasteiger partial charge in [0.05, 0.1) is 6.10 Å². The van der Waals surface area contributed by atoms with Gasteiger partial charge in [0.1, 0.15) is 0 Å². The van der Waals surface area contributed by atoms with Gasteiger partial charge in [-0.15, -0.1) is 0 Å². The predicted molar refractivity (Wildman–Crippen MR) is 107 cm³/mol. The summed E-state index contributed by atoms with van der Waals surface area (Å²) in [5, 5.41) is 20.3. The Morgan fingerprint density at radius 1 is 1.07 bits per heavy atom. The first kappa shape index (κ1) is 19.7. The van der Waals surface area contributed by atoms with Crippen molar-refractivity contribution in [2.75, 3.05) is 0 Å². The van der Waals surface area contributed by atoms with Crippen LogP contribution < -0.4 is 0 Å². The lowest BCUT2D eigenvalue weighted by atomic mass is 9.44. The first-order chi connectivity index (χ1) is 12.8. The SMILES string of the molecule is C[C@H](CCC(=O)O)[C@H]1C[C@H](O)[C@H]2[C@@H]3CC[C@@H]4CCCC[C@]4(C)[C@H]3CC[C@@]21C. The highest BCUT2D eigenvalue weighted by atomic mass is 16.4. The molecule has 0 aliphatic heterocycles. The predicted octanol–water partition coefficient (Wildman–Crippen LogP) is 5.51. The fourth-order valence-electron chi connectivity index (χ4n) is 8.84. The summed E-state index contributed by atoms with van der Waals surface area (Å²) in [5.41, 5.74) is 0.714. The van der Waals surface area contributed by atoms with Crippen LogP contribution in [0.5, 0.6) is 0 Å². The van der Waals surface area contributed by atoms with Gasteiger partial charge in [-0.25, -0.2) is 0 Å². The maximum Gasteiger partial charge on any atom is 0.303 e. The second kappa shape index (κ2) is 7.04. The van der Waals surface area contributed by atoms with Crippen molar-refractivity contribution < 1.29 is 15.0 Å². The minimum absolute atomic E-state index is 0.177. The van der Waals surface area contributed by atoms with Crippen molar-refractivity contribution in [3.8, 4) is 0 Å². The quantitative estimate of drug-likeness (QED) is 0.680. The minimum Gasteiger partial charge on any atom is -0.481 e. The Morgan fingerprint density at radius 3 is 2.59 bits per heavy atom. The van der Waals surface area contributed by atoms with Crippen molar-refractivity contribution >= 4 is 5.97 Å². The molecule has 27 heavy (non-hydrogen) atoms. The van der Waals surface area contributed by atoms with Crippen LogP contribution in [-0.2, 0) is 4.79 Å². The number of hydrogen-bond donors (Lipinski definition) is 2. The average Bonchev–Trinajstić information content (AvgIpc) is 2.90. The number of carboxylic acid groups (broad SMARTS) is 1. The molecule has 0 bridgehead atoms. The lowest BCUT2D eigenvalue weighted by Gasteiger charge is -2.61. The highest BCUT2D eigenvalue weighted by Crippen LogP contribution is 2.68. The monoisotopic (exact) mass is 376 g/mol. The molecule has 0 amide bonds. The summed E-state index contributed by atoms with van der Waals surface area (Å²) in [4.78, 5) is 11.1. The van der Waals surface area contributed by atoms with Crippen LogP contribution in [0.1, 0.15) is 91.4 Å². The van der Waals surface area contributed by atoms with E-state index in [0.29, 0.717) is 29.1 Å². The number of fused-ring (bicyclic) bond motifs is 5. The summed E-state index contributed by atoms with van der Waals surface area (Å²) in [6.45, 7) is 7.27. The topological polar surface area (TPSA) is 57.5 Å². The molecule has 0 radical (unpaired) electrons. The lowest BCUT2D eigenvalue weighted by Crippen LogP contribution is -2.54. The number of hydrogen-bond acceptors (Lipinski definition) is 2. The third-order valence-corrected chi connectivity index (χ3v) is 10.1. The lowest BCUT2D eigenvalue weighted by molar-refractivity contribution is -0.138. The van der Waals surface area contributed by atoms with Crippen LogP contribution in [0, 0.1) is 46.3 Å². The smallest absolute Gasteiger partial charge is 0.303 e. The summed E-state index contributed by atoms with van der Waals surface area (Å²) in [6.07, 6.45) is 12.6. The molecule has 4 fully saturated rings. The number of aliphatic hydroxyl groups excluding tert-OH is 1. The van der Waals surface area contributed by atoms with Gasteiger partial charge in [-0.3, -0.25) is 4.79 Å². The fraction of sp³-hybridized carbons (Fsp3) is 0.958. The number of aliphatic carboxylic acids is 1. The molecule has 0 saturated heterocycles. The van der Waals surface area contributed by atoms with Gasteiger partial charge in [-0.2, -0.15) is 0 Å². The van der Waals surface area contributed by atoms with E-state index in [9.17, 15) is 9.90 Å². The van der Waals surface area contributed by atoms with E-state index in [1.54, 1.807) is 0 Å². The van der Waals surface area contributed by atoms with Gasteiger partial charge >= 0.3 is 5.97 Å². The average molecular weight is 377 g/mol. The Labute approximate surface area is 165 Å². The molecule has 0 unspecified atom stereocenters. The van der Waals surface area contributed by atoms with Crippen LogP contribution in [0.4, 0.5) is 0 Å². The van der Waals surface area contributed by atoms with E-state index < -0.39 is 5.97 Å². The van der Waals surface area contributed by atoms with Crippen LogP contribution in [0.2, 0.25) is 0 Å². The molecule has 0 spiro atoms. The van der Waals surface area contributed by atoms with Crippen molar-refractivity contribution in [1.82, 2.24) is 0 Å². The maximum atomic E-state index is 11.2. The summed E-state index contributed by atoms with van der Waals surface area (Å²) >= 11 is 0. The molecule has 0 aromatic heterocycles. The van der Waals surface area contributed by atoms with Gasteiger partial charge in [-0.05, 0) is 97.7 Å². The van der Waals surface area contributed by atoms with Gasteiger partial charge in [0, 0.05) is 6.42 Å². The van der Waals surface area contributed by atoms with E-state index in [0.717, 1.165) is 24.7 Å². The molecular weight excluding hydrogens is 336 g/mol. The Bertz CT molecular complexity index is 574. The molecule has 154 valence electrons. The van der Waals surface area contributed by atoms with Crippen molar-refractivity contribution in [1.29, 1.82) is 0 Å². The zero-order valence-electron chi connectivity index (χ0n) is 17.6. The van der Waals surface area contributed by atoms with E-state index in [2.05, 4.69) is 20.8 Å². The first-order valence-corrected chi connectivity index (χ1v) is 11.7. The molecule has 3 heteroatoms. The number of rotatable bonds is 4. The standard InChI is InChI=1S/C24H40O3/c1-15(7-10-21(26)27)19-14-20(25)22-17-9-8-16-6-4-5-12-23(16,2)18(17)11-13-24(19,22)3/h15-20,22,25H,4-14H2,1-3H3,(H,26,27)/t15-,16+,17-,18+,19-,20+,22-,23+,24-/m1/s1. The fourth-order valence-corrected chi connectivity index (χ4v) is 8.84. The van der Waals surface area contributed by atoms with Crippen LogP contribution in [0.15, 0.2) is 0 Å². The molecule has 4 aliphatic carbocycles. The largest absolute Gasteiger partial charge is 0.481 e. The highest BCUT2D eigenvalue weighted by Gasteiger charge is 2.62. The molecule has 4 rings (SSSR count). The van der Waals surface area contributed by atoms with Crippen LogP contribution >= 0.6 is 0 Å². The Morgan fingerprint density at radius 2 is 1.85 bits per heavy atom. The van der Waals surface area contributed by atoms with Gasteiger partial charge in [0.25, 0.3) is 0 Å². The Hall–Kier alpha value is -0.570. The summed E-state index contributed by atoms with van der Waals surface area (Å²) < 4.78 is 0. The number of carboxylic acids is 1. The molecule has 0 aromatic rings.